The van der Waals surface area contributed by atoms with Gasteiger partial charge in [-0.25, -0.2) is 9.59 Å². The van der Waals surface area contributed by atoms with Gasteiger partial charge >= 0.3 is 11.9 Å². The Morgan fingerprint density at radius 3 is 2.25 bits per heavy atom. The molecular formula is C10H14O6. The standard InChI is InChI=1S/C10H14O6/c1-4-8(12)15-6-10(14,7(3)11)16-9(13)5-2/h4-5,7,11,14H,1-2,6H2,3H3. The van der Waals surface area contributed by atoms with Gasteiger partial charge in [0.2, 0.25) is 0 Å². The fourth-order valence-electron chi connectivity index (χ4n) is 0.685. The van der Waals surface area contributed by atoms with Crippen molar-refractivity contribution in [3.05, 3.63) is 25.3 Å². The van der Waals surface area contributed by atoms with Crippen LogP contribution in [0.5, 0.6) is 0 Å². The summed E-state index contributed by atoms with van der Waals surface area (Å²) in [4.78, 5) is 21.6. The van der Waals surface area contributed by atoms with Crippen molar-refractivity contribution in [3.8, 4) is 0 Å². The van der Waals surface area contributed by atoms with Crippen molar-refractivity contribution in [2.75, 3.05) is 6.61 Å². The highest BCUT2D eigenvalue weighted by Crippen LogP contribution is 2.14. The highest BCUT2D eigenvalue weighted by molar-refractivity contribution is 5.82. The fourth-order valence-corrected chi connectivity index (χ4v) is 0.685. The third-order valence-corrected chi connectivity index (χ3v) is 1.68. The number of rotatable bonds is 6. The number of aliphatic hydroxyl groups is 2. The molecule has 0 aliphatic carbocycles. The van der Waals surface area contributed by atoms with Gasteiger partial charge in [0, 0.05) is 12.2 Å². The van der Waals surface area contributed by atoms with E-state index in [9.17, 15) is 19.8 Å². The van der Waals surface area contributed by atoms with E-state index in [1.807, 2.05) is 0 Å². The topological polar surface area (TPSA) is 93.1 Å². The molecule has 0 amide bonds. The van der Waals surface area contributed by atoms with E-state index in [1.165, 1.54) is 6.92 Å². The van der Waals surface area contributed by atoms with Crippen LogP contribution < -0.4 is 0 Å². The van der Waals surface area contributed by atoms with Crippen LogP contribution in [0.2, 0.25) is 0 Å². The van der Waals surface area contributed by atoms with Crippen LogP contribution in [0.3, 0.4) is 0 Å². The Hall–Kier alpha value is -1.66. The summed E-state index contributed by atoms with van der Waals surface area (Å²) in [5.74, 6) is -4.06. The second-order valence-electron chi connectivity index (χ2n) is 2.96. The smallest absolute Gasteiger partial charge is 0.332 e. The summed E-state index contributed by atoms with van der Waals surface area (Å²) < 4.78 is 8.97. The highest BCUT2D eigenvalue weighted by Gasteiger charge is 2.38. The first kappa shape index (κ1) is 14.3. The molecule has 0 fully saturated rings. The van der Waals surface area contributed by atoms with Crippen LogP contribution >= 0.6 is 0 Å². The average Bonchev–Trinajstić information content (AvgIpc) is 2.25. The minimum absolute atomic E-state index is 0.699. The molecule has 0 saturated carbocycles. The molecule has 0 aliphatic heterocycles. The summed E-state index contributed by atoms with van der Waals surface area (Å²) >= 11 is 0. The lowest BCUT2D eigenvalue weighted by atomic mass is 10.2. The Morgan fingerprint density at radius 2 is 1.88 bits per heavy atom. The SMILES string of the molecule is C=CC(=O)OCC(O)(OC(=O)C=C)C(C)O. The van der Waals surface area contributed by atoms with Gasteiger partial charge in [-0.2, -0.15) is 0 Å². The largest absolute Gasteiger partial charge is 0.455 e. The number of ether oxygens (including phenoxy) is 2. The lowest BCUT2D eigenvalue weighted by Crippen LogP contribution is -2.49. The van der Waals surface area contributed by atoms with E-state index < -0.39 is 30.4 Å². The van der Waals surface area contributed by atoms with E-state index >= 15 is 0 Å². The molecule has 0 aromatic heterocycles. The van der Waals surface area contributed by atoms with Crippen LogP contribution in [0.4, 0.5) is 0 Å². The molecule has 0 aromatic rings. The fraction of sp³-hybridized carbons (Fsp3) is 0.400. The molecule has 6 nitrogen and oxygen atoms in total. The number of carbonyl (C=O) groups is 2. The first-order valence-electron chi connectivity index (χ1n) is 4.40. The molecule has 2 N–H and O–H groups in total. The third-order valence-electron chi connectivity index (χ3n) is 1.68. The second-order valence-corrected chi connectivity index (χ2v) is 2.96. The zero-order valence-electron chi connectivity index (χ0n) is 8.88. The summed E-state index contributed by atoms with van der Waals surface area (Å²) in [5, 5.41) is 18.9. The van der Waals surface area contributed by atoms with Crippen LogP contribution in [0.25, 0.3) is 0 Å². The van der Waals surface area contributed by atoms with Gasteiger partial charge in [-0.3, -0.25) is 0 Å². The minimum atomic E-state index is -2.30. The molecule has 0 saturated heterocycles. The Morgan fingerprint density at radius 1 is 1.38 bits per heavy atom. The Balaban J connectivity index is 4.56. The van der Waals surface area contributed by atoms with Gasteiger partial charge in [0.1, 0.15) is 6.10 Å². The van der Waals surface area contributed by atoms with Crippen LogP contribution in [-0.4, -0.2) is 40.6 Å². The average molecular weight is 230 g/mol. The molecule has 90 valence electrons. The zero-order valence-corrected chi connectivity index (χ0v) is 8.88. The number of hydrogen-bond donors (Lipinski definition) is 2. The summed E-state index contributed by atoms with van der Waals surface area (Å²) in [6.07, 6.45) is 0.245. The molecule has 0 spiro atoms. The van der Waals surface area contributed by atoms with Crippen molar-refractivity contribution in [2.24, 2.45) is 0 Å². The van der Waals surface area contributed by atoms with Crippen molar-refractivity contribution in [2.45, 2.75) is 18.8 Å². The van der Waals surface area contributed by atoms with Gasteiger partial charge < -0.3 is 19.7 Å². The molecule has 2 unspecified atom stereocenters. The molecule has 0 aliphatic rings. The Labute approximate surface area is 92.8 Å². The van der Waals surface area contributed by atoms with Crippen molar-refractivity contribution in [3.63, 3.8) is 0 Å². The van der Waals surface area contributed by atoms with Gasteiger partial charge in [0.15, 0.2) is 6.61 Å². The summed E-state index contributed by atoms with van der Waals surface area (Å²) in [6.45, 7) is 6.74. The lowest BCUT2D eigenvalue weighted by molar-refractivity contribution is -0.257. The van der Waals surface area contributed by atoms with E-state index in [0.717, 1.165) is 12.2 Å². The van der Waals surface area contributed by atoms with E-state index in [-0.39, 0.29) is 0 Å². The molecule has 0 bridgehead atoms. The number of hydrogen-bond acceptors (Lipinski definition) is 6. The summed E-state index contributed by atoms with van der Waals surface area (Å²) in [5.41, 5.74) is 0. The Kier molecular flexibility index (Phi) is 5.41. The van der Waals surface area contributed by atoms with E-state index in [4.69, 9.17) is 0 Å². The van der Waals surface area contributed by atoms with Crippen molar-refractivity contribution in [1.82, 2.24) is 0 Å². The van der Waals surface area contributed by atoms with Crippen molar-refractivity contribution < 1.29 is 29.3 Å². The summed E-state index contributed by atoms with van der Waals surface area (Å²) in [7, 11) is 0. The predicted molar refractivity (Wildman–Crippen MR) is 54.1 cm³/mol. The molecular weight excluding hydrogens is 216 g/mol. The number of carbonyl (C=O) groups excluding carboxylic acids is 2. The second kappa shape index (κ2) is 6.04. The van der Waals surface area contributed by atoms with Crippen LogP contribution in [0, 0.1) is 0 Å². The first-order chi connectivity index (χ1) is 7.35. The van der Waals surface area contributed by atoms with Crippen LogP contribution in [-0.2, 0) is 19.1 Å². The van der Waals surface area contributed by atoms with Gasteiger partial charge in [-0.1, -0.05) is 13.2 Å². The normalized spacial score (nSPS) is 15.4. The molecule has 0 heterocycles. The van der Waals surface area contributed by atoms with E-state index in [0.29, 0.717) is 0 Å². The van der Waals surface area contributed by atoms with Crippen LogP contribution in [0.1, 0.15) is 6.92 Å². The zero-order chi connectivity index (χ0) is 12.8. The van der Waals surface area contributed by atoms with E-state index in [2.05, 4.69) is 22.6 Å². The van der Waals surface area contributed by atoms with Crippen LogP contribution in [0.15, 0.2) is 25.3 Å². The first-order valence-corrected chi connectivity index (χ1v) is 4.40. The predicted octanol–water partition coefficient (Wildman–Crippen LogP) is -0.486. The van der Waals surface area contributed by atoms with E-state index in [1.54, 1.807) is 0 Å². The maximum absolute atomic E-state index is 10.9. The van der Waals surface area contributed by atoms with Gasteiger partial charge in [-0.05, 0) is 6.92 Å². The summed E-state index contributed by atoms with van der Waals surface area (Å²) in [6, 6.07) is 0. The number of aliphatic hydroxyl groups excluding tert-OH is 1. The molecule has 0 rings (SSSR count). The highest BCUT2D eigenvalue weighted by atomic mass is 16.7. The van der Waals surface area contributed by atoms with Crippen molar-refractivity contribution in [1.29, 1.82) is 0 Å². The maximum atomic E-state index is 10.9. The molecule has 6 heteroatoms. The lowest BCUT2D eigenvalue weighted by Gasteiger charge is -2.29. The van der Waals surface area contributed by atoms with Gasteiger partial charge in [0.25, 0.3) is 5.79 Å². The van der Waals surface area contributed by atoms with Crippen molar-refractivity contribution >= 4 is 11.9 Å². The monoisotopic (exact) mass is 230 g/mol. The number of esters is 2. The minimum Gasteiger partial charge on any atom is -0.455 e. The molecule has 16 heavy (non-hydrogen) atoms. The molecule has 2 atom stereocenters. The Bertz CT molecular complexity index is 296. The third kappa shape index (κ3) is 4.24. The van der Waals surface area contributed by atoms with Gasteiger partial charge in [-0.15, -0.1) is 0 Å². The quantitative estimate of drug-likeness (QED) is 0.363. The molecule has 0 aromatic carbocycles. The van der Waals surface area contributed by atoms with Gasteiger partial charge in [0.05, 0.1) is 0 Å². The maximum Gasteiger partial charge on any atom is 0.332 e. The molecule has 0 radical (unpaired) electrons.